The Morgan fingerprint density at radius 3 is 2.81 bits per heavy atom. The first-order chi connectivity index (χ1) is 12.8. The van der Waals surface area contributed by atoms with Crippen molar-refractivity contribution in [3.63, 3.8) is 0 Å². The maximum Gasteiger partial charge on any atom is 0.433 e. The van der Waals surface area contributed by atoms with E-state index in [1.807, 2.05) is 25.3 Å². The molecular formula is C18H18F3N5O. The molecule has 4 rings (SSSR count). The monoisotopic (exact) mass is 377 g/mol. The number of hydrogen-bond donors (Lipinski definition) is 0. The van der Waals surface area contributed by atoms with Crippen LogP contribution in [0, 0.1) is 6.92 Å². The summed E-state index contributed by atoms with van der Waals surface area (Å²) < 4.78 is 42.8. The minimum atomic E-state index is -4.59. The van der Waals surface area contributed by atoms with Crippen LogP contribution in [0.15, 0.2) is 30.6 Å². The average molecular weight is 377 g/mol. The third-order valence-corrected chi connectivity index (χ3v) is 4.93. The number of rotatable bonds is 2. The summed E-state index contributed by atoms with van der Waals surface area (Å²) in [6.45, 7) is 4.57. The second kappa shape index (κ2) is 6.11. The molecule has 0 spiro atoms. The molecule has 1 aliphatic rings. The van der Waals surface area contributed by atoms with Crippen LogP contribution in [0.5, 0.6) is 0 Å². The Hall–Kier alpha value is -2.84. The maximum atomic E-state index is 13.3. The molecule has 0 saturated carbocycles. The summed E-state index contributed by atoms with van der Waals surface area (Å²) in [6, 6.07) is 4.69. The number of carbonyl (C=O) groups is 1. The number of hydrogen-bond acceptors (Lipinski definition) is 3. The lowest BCUT2D eigenvalue weighted by atomic mass is 10.1. The number of fused-ring (bicyclic) bond motifs is 2. The summed E-state index contributed by atoms with van der Waals surface area (Å²) in [5, 5.41) is 3.81. The molecule has 27 heavy (non-hydrogen) atoms. The van der Waals surface area contributed by atoms with Gasteiger partial charge in [0.25, 0.3) is 5.91 Å². The number of carbonyl (C=O) groups excluding carboxylic acids is 1. The van der Waals surface area contributed by atoms with E-state index >= 15 is 0 Å². The molecule has 0 aromatic carbocycles. The van der Waals surface area contributed by atoms with Gasteiger partial charge in [0, 0.05) is 30.7 Å². The normalized spacial score (nSPS) is 17.4. The molecular weight excluding hydrogens is 359 g/mol. The molecule has 6 nitrogen and oxygen atoms in total. The fourth-order valence-corrected chi connectivity index (χ4v) is 3.73. The Bertz CT molecular complexity index is 1020. The highest BCUT2D eigenvalue weighted by Gasteiger charge is 2.37. The second-order valence-corrected chi connectivity index (χ2v) is 6.62. The Morgan fingerprint density at radius 2 is 2.11 bits per heavy atom. The van der Waals surface area contributed by atoms with Gasteiger partial charge in [0.05, 0.1) is 12.2 Å². The Balaban J connectivity index is 1.79. The van der Waals surface area contributed by atoms with Gasteiger partial charge < -0.3 is 9.47 Å². The molecule has 4 heterocycles. The molecule has 1 amide bonds. The van der Waals surface area contributed by atoms with E-state index < -0.39 is 11.9 Å². The standard InChI is InChI=1S/C18H18F3N5O/c1-3-13-14-5-4-6-24(14)7-8-25(13)17(27)12-10-22-26-15(18(19,20)21)9-11(2)23-16(12)26/h4-6,9-10,13H,3,7-8H2,1-2H3/t13-/m1/s1. The van der Waals surface area contributed by atoms with Crippen molar-refractivity contribution in [1.82, 2.24) is 24.1 Å². The smallest absolute Gasteiger partial charge is 0.348 e. The van der Waals surface area contributed by atoms with E-state index in [1.165, 1.54) is 13.1 Å². The summed E-state index contributed by atoms with van der Waals surface area (Å²) in [5.41, 5.74) is 0.284. The van der Waals surface area contributed by atoms with E-state index in [2.05, 4.69) is 14.6 Å². The van der Waals surface area contributed by atoms with Gasteiger partial charge in [-0.1, -0.05) is 6.92 Å². The van der Waals surface area contributed by atoms with Gasteiger partial charge in [-0.15, -0.1) is 0 Å². The van der Waals surface area contributed by atoms with E-state index in [0.29, 0.717) is 24.0 Å². The number of nitrogens with zero attached hydrogens (tertiary/aromatic N) is 5. The predicted molar refractivity (Wildman–Crippen MR) is 91.2 cm³/mol. The molecule has 0 aliphatic carbocycles. The van der Waals surface area contributed by atoms with Crippen molar-refractivity contribution in [2.24, 2.45) is 0 Å². The van der Waals surface area contributed by atoms with Crippen LogP contribution in [0.4, 0.5) is 13.2 Å². The average Bonchev–Trinajstić information content (AvgIpc) is 3.25. The molecule has 3 aromatic rings. The first-order valence-corrected chi connectivity index (χ1v) is 8.70. The highest BCUT2D eigenvalue weighted by Crippen LogP contribution is 2.33. The zero-order chi connectivity index (χ0) is 19.3. The van der Waals surface area contributed by atoms with Crippen molar-refractivity contribution < 1.29 is 18.0 Å². The Kier molecular flexibility index (Phi) is 3.97. The van der Waals surface area contributed by atoms with Crippen molar-refractivity contribution >= 4 is 11.6 Å². The van der Waals surface area contributed by atoms with Crippen LogP contribution < -0.4 is 0 Å². The number of aromatic nitrogens is 4. The number of halogens is 3. The van der Waals surface area contributed by atoms with Crippen molar-refractivity contribution in [3.05, 3.63) is 53.2 Å². The Labute approximate surface area is 153 Å². The molecule has 1 atom stereocenters. The summed E-state index contributed by atoms with van der Waals surface area (Å²) in [7, 11) is 0. The predicted octanol–water partition coefficient (Wildman–Crippen LogP) is 3.47. The van der Waals surface area contributed by atoms with Gasteiger partial charge in [-0.05, 0) is 31.5 Å². The minimum absolute atomic E-state index is 0.0665. The van der Waals surface area contributed by atoms with Gasteiger partial charge in [-0.3, -0.25) is 4.79 Å². The maximum absolute atomic E-state index is 13.3. The molecule has 0 radical (unpaired) electrons. The van der Waals surface area contributed by atoms with Crippen molar-refractivity contribution in [2.45, 2.75) is 39.0 Å². The third-order valence-electron chi connectivity index (χ3n) is 4.93. The summed E-state index contributed by atoms with van der Waals surface area (Å²) in [5.74, 6) is -0.351. The summed E-state index contributed by atoms with van der Waals surface area (Å²) in [4.78, 5) is 19.0. The number of alkyl halides is 3. The van der Waals surface area contributed by atoms with Gasteiger partial charge in [-0.25, -0.2) is 9.50 Å². The largest absolute Gasteiger partial charge is 0.433 e. The van der Waals surface area contributed by atoms with Gasteiger partial charge in [0.15, 0.2) is 5.65 Å². The van der Waals surface area contributed by atoms with Crippen LogP contribution in [0.3, 0.4) is 0 Å². The van der Waals surface area contributed by atoms with Crippen LogP contribution in [-0.4, -0.2) is 36.5 Å². The topological polar surface area (TPSA) is 55.4 Å². The lowest BCUT2D eigenvalue weighted by Crippen LogP contribution is -2.41. The zero-order valence-electron chi connectivity index (χ0n) is 14.9. The Morgan fingerprint density at radius 1 is 1.33 bits per heavy atom. The molecule has 0 bridgehead atoms. The lowest BCUT2D eigenvalue weighted by Gasteiger charge is -2.36. The number of amides is 1. The van der Waals surface area contributed by atoms with E-state index in [-0.39, 0.29) is 28.9 Å². The molecule has 0 unspecified atom stereocenters. The fourth-order valence-electron chi connectivity index (χ4n) is 3.73. The minimum Gasteiger partial charge on any atom is -0.348 e. The zero-order valence-corrected chi connectivity index (χ0v) is 14.9. The summed E-state index contributed by atoms with van der Waals surface area (Å²) >= 11 is 0. The van der Waals surface area contributed by atoms with Crippen LogP contribution >= 0.6 is 0 Å². The SMILES string of the molecule is CC[C@@H]1c2cccn2CCN1C(=O)c1cnn2c(C(F)(F)F)cc(C)nc12. The highest BCUT2D eigenvalue weighted by molar-refractivity contribution is 6.00. The van der Waals surface area contributed by atoms with Gasteiger partial charge in [0.1, 0.15) is 11.3 Å². The van der Waals surface area contributed by atoms with Gasteiger partial charge in [-0.2, -0.15) is 18.3 Å². The van der Waals surface area contributed by atoms with Gasteiger partial charge >= 0.3 is 6.18 Å². The molecule has 1 aliphatic heterocycles. The van der Waals surface area contributed by atoms with E-state index in [1.54, 1.807) is 4.90 Å². The molecule has 142 valence electrons. The van der Waals surface area contributed by atoms with Crippen molar-refractivity contribution in [1.29, 1.82) is 0 Å². The molecule has 0 fully saturated rings. The van der Waals surface area contributed by atoms with Crippen LogP contribution in [0.1, 0.15) is 46.8 Å². The molecule has 9 heteroatoms. The van der Waals surface area contributed by atoms with E-state index in [9.17, 15) is 18.0 Å². The fraction of sp³-hybridized carbons (Fsp3) is 0.389. The summed E-state index contributed by atoms with van der Waals surface area (Å²) in [6.07, 6.45) is -0.735. The molecule has 0 N–H and O–H groups in total. The third kappa shape index (κ3) is 2.77. The van der Waals surface area contributed by atoms with E-state index in [0.717, 1.165) is 11.8 Å². The first-order valence-electron chi connectivity index (χ1n) is 8.70. The molecule has 0 saturated heterocycles. The quantitative estimate of drug-likeness (QED) is 0.687. The second-order valence-electron chi connectivity index (χ2n) is 6.62. The van der Waals surface area contributed by atoms with Crippen LogP contribution in [0.2, 0.25) is 0 Å². The van der Waals surface area contributed by atoms with Crippen LogP contribution in [0.25, 0.3) is 5.65 Å². The molecule has 3 aromatic heterocycles. The first kappa shape index (κ1) is 17.6. The highest BCUT2D eigenvalue weighted by atomic mass is 19.4. The van der Waals surface area contributed by atoms with Crippen LogP contribution in [-0.2, 0) is 12.7 Å². The van der Waals surface area contributed by atoms with Crippen molar-refractivity contribution in [2.75, 3.05) is 6.54 Å². The van der Waals surface area contributed by atoms with Crippen molar-refractivity contribution in [3.8, 4) is 0 Å². The van der Waals surface area contributed by atoms with E-state index in [4.69, 9.17) is 0 Å². The van der Waals surface area contributed by atoms with Gasteiger partial charge in [0.2, 0.25) is 0 Å². The number of aryl methyl sites for hydroxylation is 1. The lowest BCUT2D eigenvalue weighted by molar-refractivity contribution is -0.142.